The Kier molecular flexibility index (Phi) is 7.08. The van der Waals surface area contributed by atoms with E-state index >= 15 is 0 Å². The van der Waals surface area contributed by atoms with Gasteiger partial charge in [0.15, 0.2) is 5.82 Å². The summed E-state index contributed by atoms with van der Waals surface area (Å²) in [6.07, 6.45) is 4.26. The number of benzene rings is 3. The van der Waals surface area contributed by atoms with Crippen LogP contribution in [0.4, 0.5) is 0 Å². The number of nitrogens with one attached hydrogen (secondary N) is 1. The number of piperidine rings is 1. The molecule has 0 saturated carbocycles. The lowest BCUT2D eigenvalue weighted by atomic mass is 9.71. The van der Waals surface area contributed by atoms with Crippen molar-refractivity contribution in [3.05, 3.63) is 120 Å². The summed E-state index contributed by atoms with van der Waals surface area (Å²) in [5, 5.41) is 3.24. The maximum absolute atomic E-state index is 13.8. The van der Waals surface area contributed by atoms with Crippen LogP contribution in [0.25, 0.3) is 11.4 Å². The van der Waals surface area contributed by atoms with E-state index in [-0.39, 0.29) is 17.9 Å². The van der Waals surface area contributed by atoms with E-state index in [0.717, 1.165) is 16.7 Å². The van der Waals surface area contributed by atoms with E-state index in [1.54, 1.807) is 17.3 Å². The van der Waals surface area contributed by atoms with Crippen LogP contribution >= 0.6 is 0 Å². The van der Waals surface area contributed by atoms with Gasteiger partial charge in [0.25, 0.3) is 5.91 Å². The molecule has 1 aliphatic rings. The predicted octanol–water partition coefficient (Wildman–Crippen LogP) is 5.20. The first-order valence-corrected chi connectivity index (χ1v) is 12.6. The molecule has 0 bridgehead atoms. The van der Waals surface area contributed by atoms with Gasteiger partial charge in [0, 0.05) is 31.0 Å². The monoisotopic (exact) mass is 490 g/mol. The van der Waals surface area contributed by atoms with Crippen molar-refractivity contribution in [3.63, 3.8) is 0 Å². The molecule has 0 radical (unpaired) electrons. The Bertz CT molecular complexity index is 1330. The lowest BCUT2D eigenvalue weighted by Gasteiger charge is -2.41. The van der Waals surface area contributed by atoms with Crippen molar-refractivity contribution in [2.75, 3.05) is 13.1 Å². The molecule has 37 heavy (non-hydrogen) atoms. The van der Waals surface area contributed by atoms with Crippen LogP contribution in [0.3, 0.4) is 0 Å². The first kappa shape index (κ1) is 24.4. The standard InChI is InChI=1S/C31H30N4O2/c1-23(24-11-5-2-6-12-24)34-30(37)31(27-15-9-4-10-16-27)17-19-35(20-18-31)29(36)26-21-32-28(33-22-26)25-13-7-3-8-14-25/h2-16,21-23H,17-20H2,1H3,(H,34,37)/t23-/m0/s1. The van der Waals surface area contributed by atoms with Crippen molar-refractivity contribution in [1.82, 2.24) is 20.2 Å². The molecule has 1 fully saturated rings. The van der Waals surface area contributed by atoms with Crippen LogP contribution in [0.2, 0.25) is 0 Å². The molecule has 6 heteroatoms. The Morgan fingerprint density at radius 1 is 0.811 bits per heavy atom. The summed E-state index contributed by atoms with van der Waals surface area (Å²) in [5.74, 6) is 0.472. The first-order valence-electron chi connectivity index (χ1n) is 12.6. The molecule has 2 amide bonds. The summed E-state index contributed by atoms with van der Waals surface area (Å²) in [6, 6.07) is 29.4. The zero-order valence-corrected chi connectivity index (χ0v) is 20.9. The molecule has 0 spiro atoms. The third-order valence-electron chi connectivity index (χ3n) is 7.24. The Morgan fingerprint density at radius 3 is 1.95 bits per heavy atom. The third-order valence-corrected chi connectivity index (χ3v) is 7.24. The van der Waals surface area contributed by atoms with Gasteiger partial charge in [0.1, 0.15) is 0 Å². The van der Waals surface area contributed by atoms with Gasteiger partial charge in [-0.05, 0) is 30.9 Å². The Morgan fingerprint density at radius 2 is 1.35 bits per heavy atom. The summed E-state index contributed by atoms with van der Waals surface area (Å²) in [4.78, 5) is 37.7. The quantitative estimate of drug-likeness (QED) is 0.403. The minimum absolute atomic E-state index is 0.00213. The number of rotatable bonds is 6. The average Bonchev–Trinajstić information content (AvgIpc) is 2.98. The fourth-order valence-electron chi connectivity index (χ4n) is 5.01. The van der Waals surface area contributed by atoms with Gasteiger partial charge in [-0.1, -0.05) is 91.0 Å². The molecule has 1 saturated heterocycles. The maximum Gasteiger partial charge on any atom is 0.256 e. The van der Waals surface area contributed by atoms with Crippen LogP contribution in [0.5, 0.6) is 0 Å². The number of carbonyl (C=O) groups is 2. The molecule has 2 heterocycles. The second kappa shape index (κ2) is 10.7. The van der Waals surface area contributed by atoms with Crippen molar-refractivity contribution in [2.45, 2.75) is 31.2 Å². The molecule has 1 N–H and O–H groups in total. The molecule has 0 unspecified atom stereocenters. The number of hydrogen-bond donors (Lipinski definition) is 1. The highest BCUT2D eigenvalue weighted by Crippen LogP contribution is 2.37. The third kappa shape index (κ3) is 5.14. The van der Waals surface area contributed by atoms with E-state index < -0.39 is 5.41 Å². The maximum atomic E-state index is 13.8. The van der Waals surface area contributed by atoms with E-state index in [1.165, 1.54) is 0 Å². The lowest BCUT2D eigenvalue weighted by Crippen LogP contribution is -2.53. The van der Waals surface area contributed by atoms with Crippen molar-refractivity contribution in [3.8, 4) is 11.4 Å². The van der Waals surface area contributed by atoms with Crippen molar-refractivity contribution in [2.24, 2.45) is 0 Å². The van der Waals surface area contributed by atoms with Crippen LogP contribution in [-0.4, -0.2) is 39.8 Å². The van der Waals surface area contributed by atoms with E-state index in [1.807, 2.05) is 97.9 Å². The number of likely N-dealkylation sites (tertiary alicyclic amines) is 1. The van der Waals surface area contributed by atoms with Crippen LogP contribution in [0.15, 0.2) is 103 Å². The van der Waals surface area contributed by atoms with Gasteiger partial charge in [-0.2, -0.15) is 0 Å². The summed E-state index contributed by atoms with van der Waals surface area (Å²) in [6.45, 7) is 2.95. The molecule has 3 aromatic carbocycles. The molecule has 6 nitrogen and oxygen atoms in total. The van der Waals surface area contributed by atoms with E-state index in [4.69, 9.17) is 0 Å². The number of nitrogens with zero attached hydrogens (tertiary/aromatic N) is 3. The summed E-state index contributed by atoms with van der Waals surface area (Å²) in [5.41, 5.74) is 2.70. The number of aromatic nitrogens is 2. The second-order valence-electron chi connectivity index (χ2n) is 9.51. The molecular weight excluding hydrogens is 460 g/mol. The zero-order valence-electron chi connectivity index (χ0n) is 20.9. The van der Waals surface area contributed by atoms with Gasteiger partial charge in [-0.15, -0.1) is 0 Å². The minimum Gasteiger partial charge on any atom is -0.349 e. The summed E-state index contributed by atoms with van der Waals surface area (Å²) in [7, 11) is 0. The van der Waals surface area contributed by atoms with Crippen LogP contribution in [-0.2, 0) is 10.2 Å². The van der Waals surface area contributed by atoms with Gasteiger partial charge in [-0.3, -0.25) is 9.59 Å². The van der Waals surface area contributed by atoms with E-state index in [9.17, 15) is 9.59 Å². The number of amides is 2. The van der Waals surface area contributed by atoms with Crippen molar-refractivity contribution >= 4 is 11.8 Å². The van der Waals surface area contributed by atoms with Crippen LogP contribution in [0, 0.1) is 0 Å². The average molecular weight is 491 g/mol. The van der Waals surface area contributed by atoms with E-state index in [2.05, 4.69) is 15.3 Å². The fraction of sp³-hybridized carbons (Fsp3) is 0.226. The molecule has 4 aromatic rings. The Labute approximate surface area is 217 Å². The molecule has 186 valence electrons. The van der Waals surface area contributed by atoms with Crippen LogP contribution in [0.1, 0.15) is 47.3 Å². The van der Waals surface area contributed by atoms with Gasteiger partial charge < -0.3 is 10.2 Å². The normalized spacial score (nSPS) is 15.5. The number of hydrogen-bond acceptors (Lipinski definition) is 4. The molecule has 1 atom stereocenters. The van der Waals surface area contributed by atoms with Gasteiger partial charge in [-0.25, -0.2) is 9.97 Å². The zero-order chi connectivity index (χ0) is 25.7. The number of carbonyl (C=O) groups excluding carboxylic acids is 2. The topological polar surface area (TPSA) is 75.2 Å². The molecule has 0 aliphatic carbocycles. The van der Waals surface area contributed by atoms with Gasteiger partial charge in [0.05, 0.1) is 17.0 Å². The Hall–Kier alpha value is -4.32. The van der Waals surface area contributed by atoms with Crippen LogP contribution < -0.4 is 5.32 Å². The van der Waals surface area contributed by atoms with E-state index in [0.29, 0.717) is 37.3 Å². The highest BCUT2D eigenvalue weighted by molar-refractivity contribution is 5.94. The first-order chi connectivity index (χ1) is 18.1. The molecule has 1 aliphatic heterocycles. The summed E-state index contributed by atoms with van der Waals surface area (Å²) < 4.78 is 0. The molecular formula is C31H30N4O2. The lowest BCUT2D eigenvalue weighted by molar-refractivity contribution is -0.129. The van der Waals surface area contributed by atoms with Gasteiger partial charge >= 0.3 is 0 Å². The molecule has 5 rings (SSSR count). The van der Waals surface area contributed by atoms with Crippen molar-refractivity contribution in [1.29, 1.82) is 0 Å². The fourth-order valence-corrected chi connectivity index (χ4v) is 5.01. The van der Waals surface area contributed by atoms with Gasteiger partial charge in [0.2, 0.25) is 5.91 Å². The SMILES string of the molecule is C[C@H](NC(=O)C1(c2ccccc2)CCN(C(=O)c2cnc(-c3ccccc3)nc2)CC1)c1ccccc1. The highest BCUT2D eigenvalue weighted by Gasteiger charge is 2.44. The second-order valence-corrected chi connectivity index (χ2v) is 9.51. The smallest absolute Gasteiger partial charge is 0.256 e. The highest BCUT2D eigenvalue weighted by atomic mass is 16.2. The Balaban J connectivity index is 1.32. The largest absolute Gasteiger partial charge is 0.349 e. The van der Waals surface area contributed by atoms with Crippen molar-refractivity contribution < 1.29 is 9.59 Å². The minimum atomic E-state index is -0.700. The summed E-state index contributed by atoms with van der Waals surface area (Å²) >= 11 is 0. The molecule has 1 aromatic heterocycles. The predicted molar refractivity (Wildman–Crippen MR) is 144 cm³/mol.